The van der Waals surface area contributed by atoms with E-state index < -0.39 is 24.3 Å². The zero-order valence-electron chi connectivity index (χ0n) is 16.5. The molecule has 156 valence electrons. The maximum atomic E-state index is 10.5. The van der Waals surface area contributed by atoms with Crippen LogP contribution in [0.25, 0.3) is 0 Å². The highest BCUT2D eigenvalue weighted by Gasteiger charge is 2.40. The molecular weight excluding hydrogens is 356 g/mol. The van der Waals surface area contributed by atoms with Gasteiger partial charge in [0, 0.05) is 6.42 Å². The first-order valence-corrected chi connectivity index (χ1v) is 10.4. The van der Waals surface area contributed by atoms with E-state index in [1.807, 2.05) is 30.4 Å². The number of allylic oxidation sites excluding steroid dienone is 2. The van der Waals surface area contributed by atoms with Crippen molar-refractivity contribution in [2.45, 2.75) is 76.1 Å². The number of carboxylic acid groups (broad SMARTS) is 1. The Hall–Kier alpha value is -1.69. The third-order valence-electron chi connectivity index (χ3n) is 5.80. The fraction of sp³-hybridized carbons (Fsp3) is 0.609. The van der Waals surface area contributed by atoms with Gasteiger partial charge in [0.15, 0.2) is 0 Å². The van der Waals surface area contributed by atoms with E-state index >= 15 is 0 Å². The van der Waals surface area contributed by atoms with Crippen molar-refractivity contribution in [3.63, 3.8) is 0 Å². The summed E-state index contributed by atoms with van der Waals surface area (Å²) in [5.41, 5.74) is 1.21. The van der Waals surface area contributed by atoms with Gasteiger partial charge in [-0.25, -0.2) is 0 Å². The molecule has 5 nitrogen and oxygen atoms in total. The molecule has 28 heavy (non-hydrogen) atoms. The van der Waals surface area contributed by atoms with Gasteiger partial charge in [0.1, 0.15) is 0 Å². The van der Waals surface area contributed by atoms with E-state index in [1.165, 1.54) is 5.56 Å². The van der Waals surface area contributed by atoms with E-state index in [4.69, 9.17) is 5.11 Å². The molecular formula is C23H34O5. The van der Waals surface area contributed by atoms with Gasteiger partial charge in [-0.3, -0.25) is 4.79 Å². The van der Waals surface area contributed by atoms with Crippen molar-refractivity contribution >= 4 is 5.97 Å². The lowest BCUT2D eigenvalue weighted by atomic mass is 9.85. The Labute approximate surface area is 167 Å². The molecule has 0 spiro atoms. The summed E-state index contributed by atoms with van der Waals surface area (Å²) in [5, 5.41) is 39.6. The highest BCUT2D eigenvalue weighted by atomic mass is 16.4. The second-order valence-corrected chi connectivity index (χ2v) is 7.95. The minimum Gasteiger partial charge on any atom is -0.481 e. The van der Waals surface area contributed by atoms with Crippen LogP contribution in [0.3, 0.4) is 0 Å². The lowest BCUT2D eigenvalue weighted by Gasteiger charge is -2.23. The number of hydrogen-bond donors (Lipinski definition) is 4. The van der Waals surface area contributed by atoms with Crippen LogP contribution in [0.15, 0.2) is 42.5 Å². The van der Waals surface area contributed by atoms with Crippen LogP contribution in [0, 0.1) is 11.8 Å². The molecule has 1 aromatic carbocycles. The van der Waals surface area contributed by atoms with Crippen LogP contribution in [0.2, 0.25) is 0 Å². The summed E-state index contributed by atoms with van der Waals surface area (Å²) in [7, 11) is 0. The van der Waals surface area contributed by atoms with Crippen molar-refractivity contribution < 1.29 is 25.2 Å². The molecule has 2 rings (SSSR count). The normalized spacial score (nSPS) is 26.0. The van der Waals surface area contributed by atoms with Gasteiger partial charge >= 0.3 is 5.97 Å². The number of carboxylic acids is 1. The minimum atomic E-state index is -0.784. The molecule has 1 aliphatic carbocycles. The molecule has 5 atom stereocenters. The first-order valence-electron chi connectivity index (χ1n) is 10.4. The summed E-state index contributed by atoms with van der Waals surface area (Å²) in [6.45, 7) is 0. The van der Waals surface area contributed by atoms with Crippen molar-refractivity contribution in [3.05, 3.63) is 48.0 Å². The smallest absolute Gasteiger partial charge is 0.303 e. The summed E-state index contributed by atoms with van der Waals surface area (Å²) >= 11 is 0. The zero-order valence-corrected chi connectivity index (χ0v) is 16.5. The summed E-state index contributed by atoms with van der Waals surface area (Å²) < 4.78 is 0. The quantitative estimate of drug-likeness (QED) is 0.324. The van der Waals surface area contributed by atoms with E-state index in [-0.39, 0.29) is 18.3 Å². The van der Waals surface area contributed by atoms with Crippen LogP contribution in [0.1, 0.15) is 56.9 Å². The Balaban J connectivity index is 1.74. The van der Waals surface area contributed by atoms with E-state index in [2.05, 4.69) is 12.1 Å². The number of aliphatic carboxylic acids is 1. The third-order valence-corrected chi connectivity index (χ3v) is 5.80. The first kappa shape index (κ1) is 22.6. The number of aryl methyl sites for hydroxylation is 1. The zero-order chi connectivity index (χ0) is 20.4. The van der Waals surface area contributed by atoms with Crippen molar-refractivity contribution in [2.75, 3.05) is 0 Å². The molecule has 0 saturated heterocycles. The molecule has 4 N–H and O–H groups in total. The van der Waals surface area contributed by atoms with Crippen molar-refractivity contribution in [1.29, 1.82) is 0 Å². The molecule has 0 heterocycles. The van der Waals surface area contributed by atoms with Gasteiger partial charge in [-0.2, -0.15) is 0 Å². The number of unbranched alkanes of at least 4 members (excludes halogenated alkanes) is 1. The highest BCUT2D eigenvalue weighted by Crippen LogP contribution is 2.38. The Kier molecular flexibility index (Phi) is 9.68. The molecule has 1 saturated carbocycles. The lowest BCUT2D eigenvalue weighted by Crippen LogP contribution is -2.23. The van der Waals surface area contributed by atoms with Gasteiger partial charge in [-0.1, -0.05) is 42.5 Å². The Morgan fingerprint density at radius 3 is 2.50 bits per heavy atom. The Bertz CT molecular complexity index is 600. The van der Waals surface area contributed by atoms with Gasteiger partial charge in [0.05, 0.1) is 18.3 Å². The van der Waals surface area contributed by atoms with Gasteiger partial charge in [0.25, 0.3) is 0 Å². The van der Waals surface area contributed by atoms with Crippen LogP contribution < -0.4 is 0 Å². The molecule has 1 aliphatic rings. The second kappa shape index (κ2) is 12.0. The van der Waals surface area contributed by atoms with Crippen molar-refractivity contribution in [3.8, 4) is 0 Å². The minimum absolute atomic E-state index is 0.00736. The average molecular weight is 391 g/mol. The first-order chi connectivity index (χ1) is 13.5. The van der Waals surface area contributed by atoms with Crippen LogP contribution in [-0.2, 0) is 11.2 Å². The van der Waals surface area contributed by atoms with Gasteiger partial charge < -0.3 is 20.4 Å². The summed E-state index contributed by atoms with van der Waals surface area (Å²) in [6.07, 6.45) is 7.91. The Morgan fingerprint density at radius 2 is 1.79 bits per heavy atom. The standard InChI is InChI=1S/C23H34O5/c24-18(13-12-17-8-4-3-5-9-17)14-15-20-19(21(25)16-22(20)26)10-6-1-2-7-11-23(27)28/h1,3-6,8-9,18-22,24-26H,2,7,10-16H2,(H,27,28)/b6-1-/t18-,19?,20+,21?,22?/m0/s1. The number of benzene rings is 1. The molecule has 0 aromatic heterocycles. The predicted octanol–water partition coefficient (Wildman–Crippen LogP) is 3.32. The monoisotopic (exact) mass is 390 g/mol. The average Bonchev–Trinajstić information content (AvgIpc) is 2.94. The molecule has 0 aliphatic heterocycles. The lowest BCUT2D eigenvalue weighted by molar-refractivity contribution is -0.137. The van der Waals surface area contributed by atoms with Crippen molar-refractivity contribution in [2.24, 2.45) is 11.8 Å². The number of carbonyl (C=O) groups is 1. The van der Waals surface area contributed by atoms with E-state index in [9.17, 15) is 20.1 Å². The number of aliphatic hydroxyl groups excluding tert-OH is 3. The fourth-order valence-electron chi connectivity index (χ4n) is 4.16. The summed E-state index contributed by atoms with van der Waals surface area (Å²) in [5.74, 6) is -0.800. The molecule has 1 aromatic rings. The largest absolute Gasteiger partial charge is 0.481 e. The SMILES string of the molecule is O=C(O)CCC/C=C\CC1C(O)CC(O)[C@@H]1CC[C@@H](O)CCc1ccccc1. The molecule has 3 unspecified atom stereocenters. The maximum absolute atomic E-state index is 10.5. The predicted molar refractivity (Wildman–Crippen MR) is 109 cm³/mol. The second-order valence-electron chi connectivity index (χ2n) is 7.95. The van der Waals surface area contributed by atoms with Crippen LogP contribution >= 0.6 is 0 Å². The Morgan fingerprint density at radius 1 is 1.07 bits per heavy atom. The van der Waals surface area contributed by atoms with E-state index in [0.717, 1.165) is 6.42 Å². The third kappa shape index (κ3) is 7.74. The molecule has 0 amide bonds. The topological polar surface area (TPSA) is 98.0 Å². The van der Waals surface area contributed by atoms with Crippen LogP contribution in [0.5, 0.6) is 0 Å². The van der Waals surface area contributed by atoms with Gasteiger partial charge in [0.2, 0.25) is 0 Å². The van der Waals surface area contributed by atoms with E-state index in [0.29, 0.717) is 44.9 Å². The van der Waals surface area contributed by atoms with Gasteiger partial charge in [-0.15, -0.1) is 0 Å². The van der Waals surface area contributed by atoms with Crippen LogP contribution in [0.4, 0.5) is 0 Å². The maximum Gasteiger partial charge on any atom is 0.303 e. The molecule has 0 radical (unpaired) electrons. The van der Waals surface area contributed by atoms with Crippen LogP contribution in [-0.4, -0.2) is 44.7 Å². The van der Waals surface area contributed by atoms with Gasteiger partial charge in [-0.05, 0) is 68.8 Å². The summed E-state index contributed by atoms with van der Waals surface area (Å²) in [6, 6.07) is 10.1. The van der Waals surface area contributed by atoms with Crippen molar-refractivity contribution in [1.82, 2.24) is 0 Å². The number of aliphatic hydroxyl groups is 3. The fourth-order valence-corrected chi connectivity index (χ4v) is 4.16. The number of rotatable bonds is 12. The summed E-state index contributed by atoms with van der Waals surface area (Å²) in [4.78, 5) is 10.5. The highest BCUT2D eigenvalue weighted by molar-refractivity contribution is 5.66. The number of hydrogen-bond acceptors (Lipinski definition) is 4. The van der Waals surface area contributed by atoms with E-state index in [1.54, 1.807) is 0 Å². The molecule has 0 bridgehead atoms. The molecule has 1 fully saturated rings. The molecule has 5 heteroatoms.